The average molecular weight is 486 g/mol. The van der Waals surface area contributed by atoms with E-state index in [2.05, 4.69) is 4.57 Å². The molecule has 1 unspecified atom stereocenters. The molecule has 5 nitrogen and oxygen atoms in total. The van der Waals surface area contributed by atoms with Crippen LogP contribution in [0.1, 0.15) is 6.92 Å². The van der Waals surface area contributed by atoms with E-state index in [1.165, 1.54) is 11.8 Å². The number of halogens is 2. The van der Waals surface area contributed by atoms with Gasteiger partial charge in [-0.3, -0.25) is 9.36 Å². The van der Waals surface area contributed by atoms with Gasteiger partial charge in [0.25, 0.3) is 0 Å². The summed E-state index contributed by atoms with van der Waals surface area (Å²) in [7, 11) is 3.35. The van der Waals surface area contributed by atoms with Gasteiger partial charge in [-0.25, -0.2) is 4.98 Å². The summed E-state index contributed by atoms with van der Waals surface area (Å²) in [4.78, 5) is 19.5. The van der Waals surface area contributed by atoms with Crippen molar-refractivity contribution < 1.29 is 9.53 Å². The lowest BCUT2D eigenvalue weighted by Crippen LogP contribution is -2.33. The van der Waals surface area contributed by atoms with Crippen LogP contribution in [0.2, 0.25) is 10.0 Å². The normalized spacial score (nSPS) is 12.0. The second kappa shape index (κ2) is 9.45. The summed E-state index contributed by atoms with van der Waals surface area (Å²) in [5, 5.41) is 1.28. The first-order valence-electron chi connectivity index (χ1n) is 9.90. The number of fused-ring (bicyclic) bond motifs is 1. The molecular formula is C24H21Cl2N3O2S. The monoisotopic (exact) mass is 485 g/mol. The third kappa shape index (κ3) is 4.44. The highest BCUT2D eigenvalue weighted by Crippen LogP contribution is 2.33. The Kier molecular flexibility index (Phi) is 6.65. The number of para-hydroxylation sites is 2. The van der Waals surface area contributed by atoms with Crippen LogP contribution in [-0.4, -0.2) is 34.9 Å². The van der Waals surface area contributed by atoms with E-state index in [4.69, 9.17) is 32.9 Å². The van der Waals surface area contributed by atoms with Crippen molar-refractivity contribution >= 4 is 57.6 Å². The van der Waals surface area contributed by atoms with E-state index in [0.29, 0.717) is 15.7 Å². The van der Waals surface area contributed by atoms with Crippen molar-refractivity contribution in [3.8, 4) is 11.4 Å². The fraction of sp³-hybridized carbons (Fsp3) is 0.167. The summed E-state index contributed by atoms with van der Waals surface area (Å²) in [5.74, 6) is 0.685. The largest absolute Gasteiger partial charge is 0.497 e. The van der Waals surface area contributed by atoms with Crippen LogP contribution >= 0.6 is 35.0 Å². The number of amides is 1. The number of nitrogens with zero attached hydrogens (tertiary/aromatic N) is 3. The summed E-state index contributed by atoms with van der Waals surface area (Å²) in [6.45, 7) is 1.87. The Morgan fingerprint density at radius 2 is 1.81 bits per heavy atom. The summed E-state index contributed by atoms with van der Waals surface area (Å²) >= 11 is 13.7. The number of carbonyl (C=O) groups is 1. The molecule has 0 N–H and O–H groups in total. The van der Waals surface area contributed by atoms with Crippen LogP contribution in [0.4, 0.5) is 5.69 Å². The number of thioether (sulfide) groups is 1. The van der Waals surface area contributed by atoms with Crippen LogP contribution in [0.25, 0.3) is 16.7 Å². The molecular weight excluding hydrogens is 465 g/mol. The maximum atomic E-state index is 13.2. The standard InChI is InChI=1S/C24H21Cl2N3O2S/c1-15(23(30)28(2)21-13-8-16(25)14-19(21)26)32-24-27-20-6-4-5-7-22(20)29(24)17-9-11-18(31-3)12-10-17/h4-15H,1-3H3. The molecule has 0 fully saturated rings. The number of benzene rings is 3. The third-order valence-corrected chi connectivity index (χ3v) is 6.67. The lowest BCUT2D eigenvalue weighted by Gasteiger charge is -2.22. The van der Waals surface area contributed by atoms with E-state index < -0.39 is 5.25 Å². The first-order valence-corrected chi connectivity index (χ1v) is 11.5. The predicted octanol–water partition coefficient (Wildman–Crippen LogP) is 6.48. The van der Waals surface area contributed by atoms with Gasteiger partial charge in [0, 0.05) is 17.8 Å². The molecule has 0 bridgehead atoms. The Hall–Kier alpha value is -2.67. The molecule has 4 rings (SSSR count). The molecule has 0 saturated carbocycles. The lowest BCUT2D eigenvalue weighted by atomic mass is 10.2. The third-order valence-electron chi connectivity index (χ3n) is 5.09. The first kappa shape index (κ1) is 22.5. The fourth-order valence-electron chi connectivity index (χ4n) is 3.42. The van der Waals surface area contributed by atoms with Gasteiger partial charge >= 0.3 is 0 Å². The number of ether oxygens (including phenoxy) is 1. The molecule has 0 aliphatic carbocycles. The zero-order chi connectivity index (χ0) is 22.8. The minimum atomic E-state index is -0.402. The number of hydrogen-bond donors (Lipinski definition) is 0. The van der Waals surface area contributed by atoms with Crippen LogP contribution in [0.15, 0.2) is 71.9 Å². The Labute approximate surface area is 200 Å². The first-order chi connectivity index (χ1) is 15.4. The quantitative estimate of drug-likeness (QED) is 0.293. The average Bonchev–Trinajstić information content (AvgIpc) is 3.16. The van der Waals surface area contributed by atoms with E-state index >= 15 is 0 Å². The maximum Gasteiger partial charge on any atom is 0.240 e. The molecule has 3 aromatic carbocycles. The Balaban J connectivity index is 1.66. The van der Waals surface area contributed by atoms with Crippen LogP contribution in [0.5, 0.6) is 5.75 Å². The van der Waals surface area contributed by atoms with Gasteiger partial charge in [-0.2, -0.15) is 0 Å². The van der Waals surface area contributed by atoms with Crippen molar-refractivity contribution in [2.24, 2.45) is 0 Å². The van der Waals surface area contributed by atoms with Gasteiger partial charge in [-0.05, 0) is 61.5 Å². The smallest absolute Gasteiger partial charge is 0.240 e. The molecule has 32 heavy (non-hydrogen) atoms. The summed E-state index contributed by atoms with van der Waals surface area (Å²) in [5.41, 5.74) is 3.38. The van der Waals surface area contributed by atoms with Crippen LogP contribution < -0.4 is 9.64 Å². The fourth-order valence-corrected chi connectivity index (χ4v) is 4.99. The Morgan fingerprint density at radius 3 is 2.50 bits per heavy atom. The minimum Gasteiger partial charge on any atom is -0.497 e. The number of hydrogen-bond acceptors (Lipinski definition) is 4. The van der Waals surface area contributed by atoms with E-state index in [-0.39, 0.29) is 5.91 Å². The van der Waals surface area contributed by atoms with E-state index in [9.17, 15) is 4.79 Å². The lowest BCUT2D eigenvalue weighted by molar-refractivity contribution is -0.117. The van der Waals surface area contributed by atoms with Crippen molar-refractivity contribution in [3.05, 3.63) is 76.8 Å². The van der Waals surface area contributed by atoms with E-state index in [1.807, 2.05) is 55.5 Å². The molecule has 0 saturated heterocycles. The molecule has 164 valence electrons. The molecule has 4 aromatic rings. The summed E-state index contributed by atoms with van der Waals surface area (Å²) in [6.07, 6.45) is 0. The molecule has 0 aliphatic rings. The van der Waals surface area contributed by atoms with Gasteiger partial charge in [0.1, 0.15) is 5.75 Å². The van der Waals surface area contributed by atoms with Gasteiger partial charge < -0.3 is 9.64 Å². The second-order valence-electron chi connectivity index (χ2n) is 7.17. The number of rotatable bonds is 6. The number of aromatic nitrogens is 2. The van der Waals surface area contributed by atoms with Gasteiger partial charge in [-0.15, -0.1) is 0 Å². The topological polar surface area (TPSA) is 47.4 Å². The second-order valence-corrected chi connectivity index (χ2v) is 9.32. The summed E-state index contributed by atoms with van der Waals surface area (Å²) < 4.78 is 7.34. The van der Waals surface area contributed by atoms with Crippen LogP contribution in [-0.2, 0) is 4.79 Å². The van der Waals surface area contributed by atoms with E-state index in [0.717, 1.165) is 27.6 Å². The van der Waals surface area contributed by atoms with Gasteiger partial charge in [-0.1, -0.05) is 47.1 Å². The molecule has 0 spiro atoms. The molecule has 1 aromatic heterocycles. The summed E-state index contributed by atoms with van der Waals surface area (Å²) in [6, 6.07) is 20.8. The van der Waals surface area contributed by atoms with Crippen molar-refractivity contribution in [1.82, 2.24) is 9.55 Å². The highest BCUT2D eigenvalue weighted by Gasteiger charge is 2.24. The van der Waals surface area contributed by atoms with Crippen molar-refractivity contribution in [2.45, 2.75) is 17.3 Å². The molecule has 0 radical (unpaired) electrons. The highest BCUT2D eigenvalue weighted by atomic mass is 35.5. The SMILES string of the molecule is COc1ccc(-n2c(SC(C)C(=O)N(C)c3ccc(Cl)cc3Cl)nc3ccccc32)cc1. The zero-order valence-electron chi connectivity index (χ0n) is 17.8. The van der Waals surface area contributed by atoms with Crippen LogP contribution in [0, 0.1) is 0 Å². The number of carbonyl (C=O) groups excluding carboxylic acids is 1. The Bertz CT molecular complexity index is 1270. The Morgan fingerprint density at radius 1 is 1.09 bits per heavy atom. The molecule has 1 atom stereocenters. The predicted molar refractivity (Wildman–Crippen MR) is 133 cm³/mol. The van der Waals surface area contributed by atoms with Gasteiger partial charge in [0.05, 0.1) is 34.1 Å². The molecule has 1 amide bonds. The van der Waals surface area contributed by atoms with Crippen molar-refractivity contribution in [1.29, 1.82) is 0 Å². The number of methoxy groups -OCH3 is 1. The van der Waals surface area contributed by atoms with Gasteiger partial charge in [0.2, 0.25) is 5.91 Å². The highest BCUT2D eigenvalue weighted by molar-refractivity contribution is 8.00. The maximum absolute atomic E-state index is 13.2. The molecule has 8 heteroatoms. The van der Waals surface area contributed by atoms with Gasteiger partial charge in [0.15, 0.2) is 5.16 Å². The number of anilines is 1. The van der Waals surface area contributed by atoms with Crippen LogP contribution in [0.3, 0.4) is 0 Å². The zero-order valence-corrected chi connectivity index (χ0v) is 20.1. The van der Waals surface area contributed by atoms with E-state index in [1.54, 1.807) is 37.3 Å². The van der Waals surface area contributed by atoms with Crippen molar-refractivity contribution in [3.63, 3.8) is 0 Å². The molecule has 0 aliphatic heterocycles. The molecule has 1 heterocycles. The minimum absolute atomic E-state index is 0.0902. The van der Waals surface area contributed by atoms with Crippen molar-refractivity contribution in [2.75, 3.05) is 19.1 Å². The number of imidazole rings is 1.